The number of amides is 1. The Bertz CT molecular complexity index is 505. The Kier molecular flexibility index (Phi) is 3.09. The summed E-state index contributed by atoms with van der Waals surface area (Å²) in [5, 5.41) is 3.31. The van der Waals surface area contributed by atoms with Crippen LogP contribution >= 0.6 is 0 Å². The fraction of sp³-hybridized carbons (Fsp3) is 0.562. The molecule has 0 atom stereocenters. The van der Waals surface area contributed by atoms with Crippen LogP contribution in [-0.2, 0) is 17.6 Å². The van der Waals surface area contributed by atoms with E-state index in [0.29, 0.717) is 11.8 Å². The van der Waals surface area contributed by atoms with E-state index < -0.39 is 0 Å². The van der Waals surface area contributed by atoms with E-state index in [1.165, 1.54) is 30.4 Å². The van der Waals surface area contributed by atoms with Gasteiger partial charge in [-0.3, -0.25) is 4.79 Å². The number of aryl methyl sites for hydroxylation is 1. The topological polar surface area (TPSA) is 32.3 Å². The third-order valence-corrected chi connectivity index (χ3v) is 4.58. The van der Waals surface area contributed by atoms with E-state index in [0.717, 1.165) is 18.7 Å². The predicted octanol–water partition coefficient (Wildman–Crippen LogP) is 2.14. The molecule has 0 radical (unpaired) electrons. The lowest BCUT2D eigenvalue weighted by atomic mass is 9.92. The van der Waals surface area contributed by atoms with Crippen molar-refractivity contribution in [3.8, 4) is 0 Å². The first-order valence-electron chi connectivity index (χ1n) is 7.17. The Morgan fingerprint density at radius 1 is 1.32 bits per heavy atom. The van der Waals surface area contributed by atoms with Crippen molar-refractivity contribution >= 4 is 11.6 Å². The van der Waals surface area contributed by atoms with Crippen LogP contribution in [0.5, 0.6) is 0 Å². The summed E-state index contributed by atoms with van der Waals surface area (Å²) in [6.07, 6.45) is 5.38. The highest BCUT2D eigenvalue weighted by atomic mass is 16.2. The van der Waals surface area contributed by atoms with Gasteiger partial charge < -0.3 is 10.2 Å². The largest absolute Gasteiger partial charge is 0.319 e. The van der Waals surface area contributed by atoms with Gasteiger partial charge in [-0.25, -0.2) is 0 Å². The summed E-state index contributed by atoms with van der Waals surface area (Å²) in [6.45, 7) is 1.11. The predicted molar refractivity (Wildman–Crippen MR) is 77.5 cm³/mol. The van der Waals surface area contributed by atoms with Gasteiger partial charge in [-0.05, 0) is 55.3 Å². The first-order chi connectivity index (χ1) is 9.13. The molecule has 1 fully saturated rings. The van der Waals surface area contributed by atoms with Crippen LogP contribution in [0, 0.1) is 5.41 Å². The number of carbonyl (C=O) groups excluding carboxylic acids is 1. The minimum atomic E-state index is 0.231. The van der Waals surface area contributed by atoms with E-state index in [4.69, 9.17) is 0 Å². The second kappa shape index (κ2) is 4.64. The molecule has 1 aromatic rings. The van der Waals surface area contributed by atoms with Crippen LogP contribution in [0.4, 0.5) is 5.69 Å². The minimum Gasteiger partial charge on any atom is -0.319 e. The zero-order valence-electron chi connectivity index (χ0n) is 11.8. The highest BCUT2D eigenvalue weighted by Crippen LogP contribution is 2.48. The van der Waals surface area contributed by atoms with Crippen LogP contribution in [-0.4, -0.2) is 26.5 Å². The van der Waals surface area contributed by atoms with Crippen LogP contribution in [0.3, 0.4) is 0 Å². The molecule has 1 heterocycles. The quantitative estimate of drug-likeness (QED) is 0.897. The average Bonchev–Trinajstić information content (AvgIpc) is 3.14. The molecule has 0 aromatic heterocycles. The second-order valence-corrected chi connectivity index (χ2v) is 6.12. The first kappa shape index (κ1) is 12.7. The van der Waals surface area contributed by atoms with E-state index in [9.17, 15) is 4.79 Å². The van der Waals surface area contributed by atoms with Crippen molar-refractivity contribution in [2.45, 2.75) is 32.1 Å². The van der Waals surface area contributed by atoms with Crippen LogP contribution in [0.15, 0.2) is 18.2 Å². The molecule has 0 unspecified atom stereocenters. The Labute approximate surface area is 115 Å². The molecular formula is C16H22N2O. The number of benzene rings is 1. The summed E-state index contributed by atoms with van der Waals surface area (Å²) in [6, 6.07) is 6.63. The molecule has 3 nitrogen and oxygen atoms in total. The molecule has 0 saturated heterocycles. The van der Waals surface area contributed by atoms with Gasteiger partial charge in [-0.1, -0.05) is 12.1 Å². The third-order valence-electron chi connectivity index (χ3n) is 4.58. The highest BCUT2D eigenvalue weighted by Gasteiger charge is 2.41. The fourth-order valence-electron chi connectivity index (χ4n) is 3.22. The van der Waals surface area contributed by atoms with Gasteiger partial charge in [-0.15, -0.1) is 0 Å². The lowest BCUT2D eigenvalue weighted by Gasteiger charge is -2.26. The minimum absolute atomic E-state index is 0.231. The average molecular weight is 258 g/mol. The zero-order chi connectivity index (χ0) is 13.5. The molecular weight excluding hydrogens is 236 g/mol. The van der Waals surface area contributed by atoms with Crippen molar-refractivity contribution < 1.29 is 4.79 Å². The van der Waals surface area contributed by atoms with E-state index >= 15 is 0 Å². The standard InChI is InChI=1S/C16H22N2O/c1-17-11-16(7-8-16)10-12-3-5-14-13(9-12)4-6-15(19)18(14)2/h3,5,9,17H,4,6-8,10-11H2,1-2H3. The van der Waals surface area contributed by atoms with Crippen molar-refractivity contribution in [1.82, 2.24) is 5.32 Å². The summed E-state index contributed by atoms with van der Waals surface area (Å²) >= 11 is 0. The number of rotatable bonds is 4. The first-order valence-corrected chi connectivity index (χ1v) is 7.17. The molecule has 102 valence electrons. The molecule has 0 bridgehead atoms. The number of hydrogen-bond donors (Lipinski definition) is 1. The van der Waals surface area contributed by atoms with Crippen LogP contribution in [0.2, 0.25) is 0 Å². The van der Waals surface area contributed by atoms with Gasteiger partial charge in [0.05, 0.1) is 0 Å². The van der Waals surface area contributed by atoms with E-state index in [-0.39, 0.29) is 5.91 Å². The summed E-state index contributed by atoms with van der Waals surface area (Å²) in [4.78, 5) is 13.5. The van der Waals surface area contributed by atoms with Gasteiger partial charge in [0.15, 0.2) is 0 Å². The Balaban J connectivity index is 1.80. The second-order valence-electron chi connectivity index (χ2n) is 6.12. The number of hydrogen-bond acceptors (Lipinski definition) is 2. The Morgan fingerprint density at radius 3 is 2.79 bits per heavy atom. The van der Waals surface area contributed by atoms with Gasteiger partial charge in [0.25, 0.3) is 0 Å². The molecule has 0 spiro atoms. The summed E-state index contributed by atoms with van der Waals surface area (Å²) in [5.41, 5.74) is 4.35. The molecule has 3 rings (SSSR count). The van der Waals surface area contributed by atoms with E-state index in [1.54, 1.807) is 4.90 Å². The molecule has 1 amide bonds. The van der Waals surface area contributed by atoms with Gasteiger partial charge >= 0.3 is 0 Å². The van der Waals surface area contributed by atoms with Crippen molar-refractivity contribution in [1.29, 1.82) is 0 Å². The van der Waals surface area contributed by atoms with Gasteiger partial charge in [0.1, 0.15) is 0 Å². The lowest BCUT2D eigenvalue weighted by Crippen LogP contribution is -2.31. The molecule has 1 saturated carbocycles. The maximum Gasteiger partial charge on any atom is 0.227 e. The van der Waals surface area contributed by atoms with Crippen LogP contribution < -0.4 is 10.2 Å². The lowest BCUT2D eigenvalue weighted by molar-refractivity contribution is -0.118. The van der Waals surface area contributed by atoms with E-state index in [2.05, 4.69) is 23.5 Å². The summed E-state index contributed by atoms with van der Waals surface area (Å²) in [5.74, 6) is 0.231. The smallest absolute Gasteiger partial charge is 0.227 e. The molecule has 3 heteroatoms. The zero-order valence-corrected chi connectivity index (χ0v) is 11.8. The molecule has 19 heavy (non-hydrogen) atoms. The number of carbonyl (C=O) groups is 1. The van der Waals surface area contributed by atoms with Crippen molar-refractivity contribution in [2.75, 3.05) is 25.5 Å². The number of nitrogens with one attached hydrogen (secondary N) is 1. The van der Waals surface area contributed by atoms with Gasteiger partial charge in [0.2, 0.25) is 5.91 Å². The third kappa shape index (κ3) is 2.39. The molecule has 2 aliphatic rings. The number of anilines is 1. The molecule has 1 N–H and O–H groups in total. The monoisotopic (exact) mass is 258 g/mol. The molecule has 1 aliphatic heterocycles. The maximum atomic E-state index is 11.7. The Hall–Kier alpha value is -1.35. The van der Waals surface area contributed by atoms with Crippen molar-refractivity contribution in [3.05, 3.63) is 29.3 Å². The summed E-state index contributed by atoms with van der Waals surface area (Å²) < 4.78 is 0. The number of fused-ring (bicyclic) bond motifs is 1. The van der Waals surface area contributed by atoms with Gasteiger partial charge in [0, 0.05) is 25.7 Å². The van der Waals surface area contributed by atoms with Crippen LogP contribution in [0.25, 0.3) is 0 Å². The molecule has 1 aromatic carbocycles. The highest BCUT2D eigenvalue weighted by molar-refractivity contribution is 5.95. The fourth-order valence-corrected chi connectivity index (χ4v) is 3.22. The van der Waals surface area contributed by atoms with Crippen molar-refractivity contribution in [2.24, 2.45) is 5.41 Å². The van der Waals surface area contributed by atoms with Gasteiger partial charge in [-0.2, -0.15) is 0 Å². The molecule has 1 aliphatic carbocycles. The maximum absolute atomic E-state index is 11.7. The van der Waals surface area contributed by atoms with E-state index in [1.807, 2.05) is 14.1 Å². The van der Waals surface area contributed by atoms with Crippen LogP contribution in [0.1, 0.15) is 30.4 Å². The summed E-state index contributed by atoms with van der Waals surface area (Å²) in [7, 11) is 3.91. The number of nitrogens with zero attached hydrogens (tertiary/aromatic N) is 1. The Morgan fingerprint density at radius 2 is 2.11 bits per heavy atom. The van der Waals surface area contributed by atoms with Crippen molar-refractivity contribution in [3.63, 3.8) is 0 Å². The normalized spacial score (nSPS) is 20.3. The SMILES string of the molecule is CNCC1(Cc2ccc3c(c2)CCC(=O)N3C)CC1.